The molecule has 3 aromatic carbocycles. The Kier molecular flexibility index (Phi) is 7.77. The van der Waals surface area contributed by atoms with E-state index in [9.17, 15) is 10.1 Å². The molecule has 1 N–H and O–H groups in total. The largest absolute Gasteiger partial charge is 0.325 e. The first-order valence-corrected chi connectivity index (χ1v) is 12.6. The third-order valence-corrected chi connectivity index (χ3v) is 6.96. The summed E-state index contributed by atoms with van der Waals surface area (Å²) < 4.78 is 0. The zero-order valence-corrected chi connectivity index (χ0v) is 21.4. The molecule has 4 nitrogen and oxygen atoms in total. The van der Waals surface area contributed by atoms with Crippen molar-refractivity contribution in [2.75, 3.05) is 11.1 Å². The third kappa shape index (κ3) is 5.86. The van der Waals surface area contributed by atoms with Crippen LogP contribution in [0.15, 0.2) is 77.8 Å². The average molecular weight is 518 g/mol. The summed E-state index contributed by atoms with van der Waals surface area (Å²) in [6, 6.07) is 24.7. The number of nitrogens with zero attached hydrogens (tertiary/aromatic N) is 2. The van der Waals surface area contributed by atoms with Gasteiger partial charge in [0.15, 0.2) is 0 Å². The highest BCUT2D eigenvalue weighted by molar-refractivity contribution is 8.00. The molecule has 0 radical (unpaired) electrons. The Bertz CT molecular complexity index is 1410. The van der Waals surface area contributed by atoms with Crippen molar-refractivity contribution in [3.05, 3.63) is 99.5 Å². The molecule has 0 fully saturated rings. The number of nitrogens with one attached hydrogen (secondary N) is 1. The number of aromatic nitrogens is 1. The molecule has 0 saturated carbocycles. The summed E-state index contributed by atoms with van der Waals surface area (Å²) in [6.07, 6.45) is 0. The quantitative estimate of drug-likeness (QED) is 0.263. The van der Waals surface area contributed by atoms with Gasteiger partial charge in [-0.2, -0.15) is 5.26 Å². The Morgan fingerprint density at radius 3 is 2.09 bits per heavy atom. The highest BCUT2D eigenvalue weighted by atomic mass is 35.5. The number of nitriles is 1. The van der Waals surface area contributed by atoms with E-state index in [1.54, 1.807) is 24.3 Å². The first kappa shape index (κ1) is 24.8. The molecule has 0 saturated heterocycles. The normalized spacial score (nSPS) is 10.6. The molecule has 0 atom stereocenters. The van der Waals surface area contributed by atoms with Crippen LogP contribution in [0, 0.1) is 25.2 Å². The number of aryl methyl sites for hydroxylation is 2. The number of hydrogen-bond acceptors (Lipinski definition) is 4. The number of anilines is 1. The van der Waals surface area contributed by atoms with Crippen molar-refractivity contribution in [1.29, 1.82) is 5.26 Å². The van der Waals surface area contributed by atoms with Crippen molar-refractivity contribution in [1.82, 2.24) is 4.98 Å². The van der Waals surface area contributed by atoms with Crippen LogP contribution in [0.3, 0.4) is 0 Å². The lowest BCUT2D eigenvalue weighted by atomic mass is 9.99. The lowest BCUT2D eigenvalue weighted by Gasteiger charge is -2.14. The molecule has 4 aromatic rings. The van der Waals surface area contributed by atoms with Gasteiger partial charge < -0.3 is 5.32 Å². The number of carbonyl (C=O) groups excluding carboxylic acids is 1. The van der Waals surface area contributed by atoms with Gasteiger partial charge in [0.25, 0.3) is 0 Å². The van der Waals surface area contributed by atoms with Crippen LogP contribution in [-0.4, -0.2) is 16.6 Å². The summed E-state index contributed by atoms with van der Waals surface area (Å²) in [5.74, 6) is -0.0532. The molecule has 0 aliphatic heterocycles. The zero-order chi connectivity index (χ0) is 24.9. The van der Waals surface area contributed by atoms with E-state index in [1.165, 1.54) is 11.8 Å². The summed E-state index contributed by atoms with van der Waals surface area (Å²) >= 11 is 13.4. The van der Waals surface area contributed by atoms with E-state index in [1.807, 2.05) is 62.4 Å². The molecule has 174 valence electrons. The van der Waals surface area contributed by atoms with Crippen LogP contribution >= 0.6 is 35.0 Å². The molecule has 4 rings (SSSR count). The van der Waals surface area contributed by atoms with E-state index in [0.29, 0.717) is 26.3 Å². The SMILES string of the molecule is Cc1cccc(C)c1NC(=O)CSc1nc(-c2ccc(Cl)cc2)cc(-c2ccc(Cl)cc2)c1C#N. The Labute approximate surface area is 218 Å². The molecule has 1 heterocycles. The molecule has 35 heavy (non-hydrogen) atoms. The molecule has 1 aromatic heterocycles. The van der Waals surface area contributed by atoms with Crippen LogP contribution in [-0.2, 0) is 4.79 Å². The lowest BCUT2D eigenvalue weighted by molar-refractivity contribution is -0.113. The van der Waals surface area contributed by atoms with Crippen LogP contribution in [0.1, 0.15) is 16.7 Å². The third-order valence-electron chi connectivity index (χ3n) is 5.48. The number of carbonyl (C=O) groups is 1. The van der Waals surface area contributed by atoms with Crippen molar-refractivity contribution in [3.63, 3.8) is 0 Å². The van der Waals surface area contributed by atoms with Crippen LogP contribution < -0.4 is 5.32 Å². The number of rotatable bonds is 6. The fourth-order valence-corrected chi connectivity index (χ4v) is 4.74. The van der Waals surface area contributed by atoms with Gasteiger partial charge in [-0.05, 0) is 60.9 Å². The standard InChI is InChI=1S/C28H21Cl2N3OS/c1-17-4-3-5-18(2)27(17)33-26(34)16-35-28-24(15-31)23(19-6-10-21(29)11-7-19)14-25(32-28)20-8-12-22(30)13-9-20/h3-14H,16H2,1-2H3,(H,33,34). The first-order valence-electron chi connectivity index (χ1n) is 10.8. The Morgan fingerprint density at radius 2 is 1.51 bits per heavy atom. The van der Waals surface area contributed by atoms with Gasteiger partial charge in [0, 0.05) is 26.9 Å². The number of halogens is 2. The van der Waals surface area contributed by atoms with Crippen LogP contribution in [0.25, 0.3) is 22.4 Å². The number of hydrogen-bond donors (Lipinski definition) is 1. The maximum absolute atomic E-state index is 12.8. The Balaban J connectivity index is 1.70. The second-order valence-corrected chi connectivity index (χ2v) is 9.80. The maximum Gasteiger partial charge on any atom is 0.234 e. The minimum absolute atomic E-state index is 0.111. The number of amides is 1. The molecule has 7 heteroatoms. The zero-order valence-electron chi connectivity index (χ0n) is 19.1. The van der Waals surface area contributed by atoms with Crippen molar-refractivity contribution < 1.29 is 4.79 Å². The summed E-state index contributed by atoms with van der Waals surface area (Å²) in [5.41, 5.74) is 6.31. The van der Waals surface area contributed by atoms with E-state index in [2.05, 4.69) is 11.4 Å². The fourth-order valence-electron chi connectivity index (χ4n) is 3.68. The van der Waals surface area contributed by atoms with Gasteiger partial charge in [0.2, 0.25) is 5.91 Å². The smallest absolute Gasteiger partial charge is 0.234 e. The number of benzene rings is 3. The van der Waals surface area contributed by atoms with E-state index in [4.69, 9.17) is 28.2 Å². The van der Waals surface area contributed by atoms with Gasteiger partial charge >= 0.3 is 0 Å². The van der Waals surface area contributed by atoms with Gasteiger partial charge in [-0.15, -0.1) is 0 Å². The molecule has 1 amide bonds. The molecule has 0 bridgehead atoms. The van der Waals surface area contributed by atoms with E-state index < -0.39 is 0 Å². The van der Waals surface area contributed by atoms with Crippen LogP contribution in [0.2, 0.25) is 10.0 Å². The highest BCUT2D eigenvalue weighted by Crippen LogP contribution is 2.35. The molecule has 0 aliphatic carbocycles. The summed E-state index contributed by atoms with van der Waals surface area (Å²) in [6.45, 7) is 3.91. The fraction of sp³-hybridized carbons (Fsp3) is 0.107. The summed E-state index contributed by atoms with van der Waals surface area (Å²) in [4.78, 5) is 17.6. The van der Waals surface area contributed by atoms with Crippen LogP contribution in [0.5, 0.6) is 0 Å². The Hall–Kier alpha value is -3.30. The van der Waals surface area contributed by atoms with E-state index >= 15 is 0 Å². The van der Waals surface area contributed by atoms with Crippen molar-refractivity contribution in [2.24, 2.45) is 0 Å². The molecule has 0 aliphatic rings. The maximum atomic E-state index is 12.8. The summed E-state index contributed by atoms with van der Waals surface area (Å²) in [5, 5.41) is 14.7. The van der Waals surface area contributed by atoms with Crippen molar-refractivity contribution >= 4 is 46.6 Å². The van der Waals surface area contributed by atoms with E-state index in [0.717, 1.165) is 33.5 Å². The summed E-state index contributed by atoms with van der Waals surface area (Å²) in [7, 11) is 0. The number of para-hydroxylation sites is 1. The van der Waals surface area contributed by atoms with Gasteiger partial charge in [-0.1, -0.05) is 77.4 Å². The van der Waals surface area contributed by atoms with Crippen molar-refractivity contribution in [3.8, 4) is 28.5 Å². The van der Waals surface area contributed by atoms with Gasteiger partial charge in [-0.3, -0.25) is 4.79 Å². The average Bonchev–Trinajstić information content (AvgIpc) is 2.85. The minimum atomic E-state index is -0.164. The van der Waals surface area contributed by atoms with E-state index in [-0.39, 0.29) is 11.7 Å². The first-order chi connectivity index (χ1) is 16.9. The van der Waals surface area contributed by atoms with Gasteiger partial charge in [0.05, 0.1) is 17.0 Å². The van der Waals surface area contributed by atoms with Crippen LogP contribution in [0.4, 0.5) is 5.69 Å². The molecular formula is C28H21Cl2N3OS. The van der Waals surface area contributed by atoms with Gasteiger partial charge in [0.1, 0.15) is 11.1 Å². The monoisotopic (exact) mass is 517 g/mol. The van der Waals surface area contributed by atoms with Gasteiger partial charge in [-0.25, -0.2) is 4.98 Å². The topological polar surface area (TPSA) is 65.8 Å². The highest BCUT2D eigenvalue weighted by Gasteiger charge is 2.18. The molecule has 0 spiro atoms. The number of pyridine rings is 1. The Morgan fingerprint density at radius 1 is 0.943 bits per heavy atom. The number of thioether (sulfide) groups is 1. The second-order valence-electron chi connectivity index (χ2n) is 7.96. The molecule has 0 unspecified atom stereocenters. The minimum Gasteiger partial charge on any atom is -0.325 e. The predicted octanol–water partition coefficient (Wildman–Crippen LogP) is 7.94. The van der Waals surface area contributed by atoms with Crippen molar-refractivity contribution in [2.45, 2.75) is 18.9 Å². The lowest BCUT2D eigenvalue weighted by Crippen LogP contribution is -2.16. The predicted molar refractivity (Wildman–Crippen MR) is 145 cm³/mol. The second kappa shape index (κ2) is 11.0. The molecular weight excluding hydrogens is 497 g/mol.